The third kappa shape index (κ3) is 6.01. The normalized spacial score (nSPS) is 16.7. The van der Waals surface area contributed by atoms with E-state index in [9.17, 15) is 13.2 Å². The molecule has 10 heteroatoms. The Hall–Kier alpha value is -2.46. The minimum absolute atomic E-state index is 0.148. The van der Waals surface area contributed by atoms with Crippen molar-refractivity contribution in [3.8, 4) is 0 Å². The highest BCUT2D eigenvalue weighted by molar-refractivity contribution is 8.14. The lowest BCUT2D eigenvalue weighted by Crippen LogP contribution is -2.41. The van der Waals surface area contributed by atoms with Gasteiger partial charge in [-0.05, 0) is 83.3 Å². The largest absolute Gasteiger partial charge is 0.494 e. The standard InChI is InChI=1S/C17H25BO4.C10H8ClNO2S/c1-15(2,14(19)20-7)12-9-8-10-13(11-12)18-21-16(3,4)17(5,6)22-18;1-7-4-5-9-8(3-2-6-12-9)10(7)15(11,13)14/h8-11H,1-7H3;2-6H,1H3. The van der Waals surface area contributed by atoms with Gasteiger partial charge in [-0.15, -0.1) is 0 Å². The summed E-state index contributed by atoms with van der Waals surface area (Å²) in [6, 6.07) is 14.6. The molecule has 2 heterocycles. The maximum atomic E-state index is 12.0. The molecule has 198 valence electrons. The summed E-state index contributed by atoms with van der Waals surface area (Å²) < 4.78 is 39.8. The van der Waals surface area contributed by atoms with Crippen LogP contribution in [0.3, 0.4) is 0 Å². The van der Waals surface area contributed by atoms with E-state index in [1.54, 1.807) is 37.4 Å². The molecule has 1 saturated heterocycles. The Balaban J connectivity index is 0.000000220. The molecule has 0 bridgehead atoms. The molecule has 0 N–H and O–H groups in total. The third-order valence-electron chi connectivity index (χ3n) is 7.01. The minimum atomic E-state index is -3.73. The maximum Gasteiger partial charge on any atom is 0.494 e. The molecule has 0 atom stereocenters. The van der Waals surface area contributed by atoms with Crippen molar-refractivity contribution < 1.29 is 27.3 Å². The molecule has 37 heavy (non-hydrogen) atoms. The number of halogens is 1. The number of rotatable bonds is 4. The molecule has 0 spiro atoms. The first kappa shape index (κ1) is 29.1. The van der Waals surface area contributed by atoms with Crippen LogP contribution in [0.15, 0.2) is 59.6 Å². The number of aromatic nitrogens is 1. The lowest BCUT2D eigenvalue weighted by Gasteiger charge is -2.32. The second-order valence-corrected chi connectivity index (χ2v) is 13.1. The van der Waals surface area contributed by atoms with Crippen molar-refractivity contribution in [3.05, 3.63) is 65.9 Å². The molecule has 3 aromatic rings. The number of nitrogens with zero attached hydrogens (tertiary/aromatic N) is 1. The first-order chi connectivity index (χ1) is 17.0. The van der Waals surface area contributed by atoms with Crippen molar-refractivity contribution in [2.24, 2.45) is 0 Å². The van der Waals surface area contributed by atoms with Crippen LogP contribution in [-0.2, 0) is 33.3 Å². The van der Waals surface area contributed by atoms with Crippen molar-refractivity contribution in [2.75, 3.05) is 7.11 Å². The summed E-state index contributed by atoms with van der Waals surface area (Å²) in [6.45, 7) is 13.5. The first-order valence-corrected chi connectivity index (χ1v) is 14.2. The van der Waals surface area contributed by atoms with Crippen molar-refractivity contribution in [2.45, 2.75) is 70.0 Å². The van der Waals surface area contributed by atoms with Crippen molar-refractivity contribution >= 4 is 49.2 Å². The van der Waals surface area contributed by atoms with Gasteiger partial charge < -0.3 is 14.0 Å². The molecule has 1 aliphatic rings. The fourth-order valence-electron chi connectivity index (χ4n) is 3.98. The van der Waals surface area contributed by atoms with Gasteiger partial charge in [0.05, 0.1) is 34.1 Å². The summed E-state index contributed by atoms with van der Waals surface area (Å²) in [7, 11) is 2.63. The van der Waals surface area contributed by atoms with Gasteiger partial charge in [0.1, 0.15) is 0 Å². The molecule has 1 fully saturated rings. The van der Waals surface area contributed by atoms with E-state index in [0.717, 1.165) is 11.0 Å². The van der Waals surface area contributed by atoms with Crippen LogP contribution in [0.2, 0.25) is 0 Å². The summed E-state index contributed by atoms with van der Waals surface area (Å²) in [4.78, 5) is 16.2. The molecule has 0 amide bonds. The lowest BCUT2D eigenvalue weighted by molar-refractivity contribution is -0.146. The van der Waals surface area contributed by atoms with Gasteiger partial charge in [0.15, 0.2) is 0 Å². The second kappa shape index (κ2) is 10.4. The van der Waals surface area contributed by atoms with Gasteiger partial charge in [-0.1, -0.05) is 30.3 Å². The zero-order valence-corrected chi connectivity index (χ0v) is 24.0. The Labute approximate surface area is 224 Å². The van der Waals surface area contributed by atoms with Crippen molar-refractivity contribution in [3.63, 3.8) is 0 Å². The Morgan fingerprint density at radius 3 is 2.22 bits per heavy atom. The van der Waals surface area contributed by atoms with Gasteiger partial charge in [-0.3, -0.25) is 9.78 Å². The van der Waals surface area contributed by atoms with E-state index in [2.05, 4.69) is 4.98 Å². The highest BCUT2D eigenvalue weighted by Gasteiger charge is 2.51. The van der Waals surface area contributed by atoms with Gasteiger partial charge >= 0.3 is 13.1 Å². The lowest BCUT2D eigenvalue weighted by atomic mass is 9.75. The first-order valence-electron chi connectivity index (χ1n) is 11.8. The topological polar surface area (TPSA) is 91.8 Å². The monoisotopic (exact) mass is 545 g/mol. The van der Waals surface area contributed by atoms with Crippen LogP contribution in [0, 0.1) is 6.92 Å². The summed E-state index contributed by atoms with van der Waals surface area (Å²) in [6.07, 6.45) is 1.61. The summed E-state index contributed by atoms with van der Waals surface area (Å²) in [5.41, 5.74) is 1.57. The van der Waals surface area contributed by atoms with E-state index in [4.69, 9.17) is 24.7 Å². The number of hydrogen-bond acceptors (Lipinski definition) is 7. The van der Waals surface area contributed by atoms with Gasteiger partial charge in [0.2, 0.25) is 0 Å². The number of benzene rings is 2. The molecule has 1 aromatic heterocycles. The number of fused-ring (bicyclic) bond motifs is 1. The second-order valence-electron chi connectivity index (χ2n) is 10.5. The van der Waals surface area contributed by atoms with Crippen LogP contribution in [0.4, 0.5) is 0 Å². The van der Waals surface area contributed by atoms with Crippen LogP contribution < -0.4 is 5.46 Å². The molecular formula is C27H33BClNO6S. The highest BCUT2D eigenvalue weighted by atomic mass is 35.7. The number of carbonyl (C=O) groups is 1. The Morgan fingerprint density at radius 2 is 1.65 bits per heavy atom. The SMILES string of the molecule is COC(=O)C(C)(C)c1cccc(B2OC(C)(C)C(C)(C)O2)c1.Cc1ccc2ncccc2c1S(=O)(=O)Cl. The Bertz CT molecular complexity index is 1410. The summed E-state index contributed by atoms with van der Waals surface area (Å²) in [5, 5.41) is 0.563. The van der Waals surface area contributed by atoms with Crippen LogP contribution in [0.25, 0.3) is 10.9 Å². The highest BCUT2D eigenvalue weighted by Crippen LogP contribution is 2.37. The van der Waals surface area contributed by atoms with E-state index in [0.29, 0.717) is 16.5 Å². The van der Waals surface area contributed by atoms with Crippen LogP contribution >= 0.6 is 10.7 Å². The van der Waals surface area contributed by atoms with E-state index in [1.807, 2.05) is 65.8 Å². The minimum Gasteiger partial charge on any atom is -0.468 e. The number of carbonyl (C=O) groups excluding carboxylic acids is 1. The maximum absolute atomic E-state index is 12.0. The third-order valence-corrected chi connectivity index (χ3v) is 8.50. The van der Waals surface area contributed by atoms with E-state index in [-0.39, 0.29) is 22.1 Å². The molecule has 0 saturated carbocycles. The summed E-state index contributed by atoms with van der Waals surface area (Å²) in [5.74, 6) is -0.265. The Kier molecular flexibility index (Phi) is 8.15. The molecule has 2 aromatic carbocycles. The number of methoxy groups -OCH3 is 1. The summed E-state index contributed by atoms with van der Waals surface area (Å²) >= 11 is 0. The molecule has 4 rings (SSSR count). The fraction of sp³-hybridized carbons (Fsp3) is 0.407. The molecule has 1 aliphatic heterocycles. The predicted octanol–water partition coefficient (Wildman–Crippen LogP) is 4.91. The zero-order chi connectivity index (χ0) is 27.8. The van der Waals surface area contributed by atoms with E-state index < -0.39 is 21.6 Å². The van der Waals surface area contributed by atoms with E-state index >= 15 is 0 Å². The van der Waals surface area contributed by atoms with Gasteiger partial charge in [-0.25, -0.2) is 8.42 Å². The molecule has 7 nitrogen and oxygen atoms in total. The molecule has 0 unspecified atom stereocenters. The van der Waals surface area contributed by atoms with Gasteiger partial charge in [0, 0.05) is 22.3 Å². The van der Waals surface area contributed by atoms with Gasteiger partial charge in [-0.2, -0.15) is 0 Å². The molecule has 0 aliphatic carbocycles. The Morgan fingerprint density at radius 1 is 1.03 bits per heavy atom. The average Bonchev–Trinajstić information content (AvgIpc) is 3.04. The van der Waals surface area contributed by atoms with Crippen LogP contribution in [0.5, 0.6) is 0 Å². The fourth-order valence-corrected chi connectivity index (χ4v) is 5.49. The van der Waals surface area contributed by atoms with Crippen molar-refractivity contribution in [1.29, 1.82) is 0 Å². The molecule has 0 radical (unpaired) electrons. The zero-order valence-electron chi connectivity index (χ0n) is 22.5. The van der Waals surface area contributed by atoms with Crippen molar-refractivity contribution in [1.82, 2.24) is 4.98 Å². The van der Waals surface area contributed by atoms with Crippen LogP contribution in [0.1, 0.15) is 52.7 Å². The van der Waals surface area contributed by atoms with E-state index in [1.165, 1.54) is 7.11 Å². The number of hydrogen-bond donors (Lipinski definition) is 0. The average molecular weight is 546 g/mol. The number of esters is 1. The smallest absolute Gasteiger partial charge is 0.468 e. The number of ether oxygens (including phenoxy) is 1. The quantitative estimate of drug-likeness (QED) is 0.261. The number of pyridine rings is 1. The van der Waals surface area contributed by atoms with Gasteiger partial charge in [0.25, 0.3) is 9.05 Å². The van der Waals surface area contributed by atoms with Crippen LogP contribution in [-0.4, -0.2) is 44.8 Å². The molecular weight excluding hydrogens is 513 g/mol. The predicted molar refractivity (Wildman–Crippen MR) is 147 cm³/mol. The number of aryl methyl sites for hydroxylation is 1.